The molecule has 5 nitrogen and oxygen atoms in total. The lowest BCUT2D eigenvalue weighted by Gasteiger charge is -2.16. The molecule has 1 N–H and O–H groups in total. The molecule has 8 heteroatoms. The topological polar surface area (TPSA) is 70.8 Å². The van der Waals surface area contributed by atoms with Crippen LogP contribution in [0.1, 0.15) is 34.7 Å². The van der Waals surface area contributed by atoms with Crippen LogP contribution in [-0.4, -0.2) is 35.1 Å². The lowest BCUT2D eigenvalue weighted by atomic mass is 10.2. The second kappa shape index (κ2) is 5.98. The van der Waals surface area contributed by atoms with Gasteiger partial charge in [-0.05, 0) is 13.0 Å². The van der Waals surface area contributed by atoms with Crippen molar-refractivity contribution < 1.29 is 32.3 Å². The highest BCUT2D eigenvalue weighted by molar-refractivity contribution is 5.88. The molecule has 0 radical (unpaired) electrons. The normalized spacial score (nSPS) is 11.4. The molecule has 0 aliphatic carbocycles. The summed E-state index contributed by atoms with van der Waals surface area (Å²) < 4.78 is 41.1. The lowest BCUT2D eigenvalue weighted by Crippen LogP contribution is -2.27. The zero-order chi connectivity index (χ0) is 15.5. The van der Waals surface area contributed by atoms with Crippen LogP contribution in [0, 0.1) is 6.92 Å². The largest absolute Gasteiger partial charge is 0.478 e. The number of furan rings is 1. The third kappa shape index (κ3) is 4.60. The van der Waals surface area contributed by atoms with E-state index in [-0.39, 0.29) is 23.6 Å². The highest BCUT2D eigenvalue weighted by Crippen LogP contribution is 2.22. The van der Waals surface area contributed by atoms with E-state index in [0.717, 1.165) is 4.90 Å². The van der Waals surface area contributed by atoms with Gasteiger partial charge in [0.15, 0.2) is 0 Å². The highest BCUT2D eigenvalue weighted by atomic mass is 19.4. The van der Waals surface area contributed by atoms with Crippen LogP contribution in [0.5, 0.6) is 0 Å². The molecule has 1 heterocycles. The van der Waals surface area contributed by atoms with E-state index in [9.17, 15) is 22.8 Å². The first-order chi connectivity index (χ1) is 9.10. The van der Waals surface area contributed by atoms with Gasteiger partial charge in [-0.2, -0.15) is 13.2 Å². The average Bonchev–Trinajstić information content (AvgIpc) is 2.66. The summed E-state index contributed by atoms with van der Waals surface area (Å²) in [6, 6.07) is 1.26. The van der Waals surface area contributed by atoms with Crippen molar-refractivity contribution in [3.05, 3.63) is 23.2 Å². The van der Waals surface area contributed by atoms with Gasteiger partial charge < -0.3 is 14.4 Å². The minimum absolute atomic E-state index is 0.0314. The van der Waals surface area contributed by atoms with Gasteiger partial charge in [0.25, 0.3) is 0 Å². The van der Waals surface area contributed by atoms with Crippen LogP contribution in [0.25, 0.3) is 0 Å². The molecule has 20 heavy (non-hydrogen) atoms. The Morgan fingerprint density at radius 2 is 2.00 bits per heavy atom. The molecule has 0 aromatic carbocycles. The SMILES string of the molecule is Cc1oc(CN(C)C(=O)CCC(F)(F)F)cc1C(=O)O. The molecule has 1 aromatic rings. The zero-order valence-electron chi connectivity index (χ0n) is 11.0. The Morgan fingerprint density at radius 3 is 2.45 bits per heavy atom. The van der Waals surface area contributed by atoms with Crippen molar-refractivity contribution >= 4 is 11.9 Å². The van der Waals surface area contributed by atoms with Crippen LogP contribution in [0.4, 0.5) is 13.2 Å². The van der Waals surface area contributed by atoms with Crippen molar-refractivity contribution in [2.45, 2.75) is 32.5 Å². The molecular weight excluding hydrogens is 279 g/mol. The van der Waals surface area contributed by atoms with E-state index >= 15 is 0 Å². The van der Waals surface area contributed by atoms with Crippen LogP contribution in [0.2, 0.25) is 0 Å². The van der Waals surface area contributed by atoms with Crippen LogP contribution in [0.3, 0.4) is 0 Å². The van der Waals surface area contributed by atoms with Crippen LogP contribution >= 0.6 is 0 Å². The summed E-state index contributed by atoms with van der Waals surface area (Å²) in [7, 11) is 1.33. The summed E-state index contributed by atoms with van der Waals surface area (Å²) in [5.74, 6) is -1.46. The second-order valence-corrected chi connectivity index (χ2v) is 4.35. The fraction of sp³-hybridized carbons (Fsp3) is 0.500. The Labute approximate surface area is 113 Å². The van der Waals surface area contributed by atoms with E-state index in [4.69, 9.17) is 9.52 Å². The number of hydrogen-bond acceptors (Lipinski definition) is 3. The number of amides is 1. The molecule has 112 valence electrons. The standard InChI is InChI=1S/C12H14F3NO4/c1-7-9(11(18)19)5-8(20-7)6-16(2)10(17)3-4-12(13,14)15/h5H,3-4,6H2,1-2H3,(H,18,19). The van der Waals surface area contributed by atoms with Gasteiger partial charge >= 0.3 is 12.1 Å². The molecule has 1 aromatic heterocycles. The molecule has 0 saturated carbocycles. The number of alkyl halides is 3. The van der Waals surface area contributed by atoms with E-state index < -0.39 is 30.9 Å². The summed E-state index contributed by atoms with van der Waals surface area (Å²) in [6.45, 7) is 1.38. The zero-order valence-corrected chi connectivity index (χ0v) is 11.0. The van der Waals surface area contributed by atoms with E-state index in [2.05, 4.69) is 0 Å². The minimum Gasteiger partial charge on any atom is -0.478 e. The van der Waals surface area contributed by atoms with Crippen molar-refractivity contribution in [3.8, 4) is 0 Å². The molecular formula is C12H14F3NO4. The van der Waals surface area contributed by atoms with Gasteiger partial charge in [0.2, 0.25) is 5.91 Å². The summed E-state index contributed by atoms with van der Waals surface area (Å²) in [6.07, 6.45) is -6.21. The maximum Gasteiger partial charge on any atom is 0.389 e. The van der Waals surface area contributed by atoms with Crippen molar-refractivity contribution in [1.29, 1.82) is 0 Å². The van der Waals surface area contributed by atoms with Gasteiger partial charge in [-0.25, -0.2) is 4.79 Å². The van der Waals surface area contributed by atoms with E-state index in [0.29, 0.717) is 0 Å². The Kier molecular flexibility index (Phi) is 4.80. The monoisotopic (exact) mass is 293 g/mol. The first kappa shape index (κ1) is 16.1. The number of aryl methyl sites for hydroxylation is 1. The Morgan fingerprint density at radius 1 is 1.40 bits per heavy atom. The van der Waals surface area contributed by atoms with E-state index in [1.54, 1.807) is 0 Å². The quantitative estimate of drug-likeness (QED) is 0.905. The molecule has 0 unspecified atom stereocenters. The van der Waals surface area contributed by atoms with Gasteiger partial charge in [0.05, 0.1) is 13.0 Å². The molecule has 0 saturated heterocycles. The Hall–Kier alpha value is -1.99. The van der Waals surface area contributed by atoms with Crippen LogP contribution < -0.4 is 0 Å². The fourth-order valence-corrected chi connectivity index (χ4v) is 1.60. The highest BCUT2D eigenvalue weighted by Gasteiger charge is 2.28. The number of carbonyl (C=O) groups is 2. The number of nitrogens with zero attached hydrogens (tertiary/aromatic N) is 1. The second-order valence-electron chi connectivity index (χ2n) is 4.35. The lowest BCUT2D eigenvalue weighted by molar-refractivity contribution is -0.148. The molecule has 0 fully saturated rings. The Bertz CT molecular complexity index is 507. The molecule has 0 aliphatic rings. The average molecular weight is 293 g/mol. The summed E-state index contributed by atoms with van der Waals surface area (Å²) in [4.78, 5) is 23.4. The van der Waals surface area contributed by atoms with Crippen molar-refractivity contribution in [3.63, 3.8) is 0 Å². The summed E-state index contributed by atoms with van der Waals surface area (Å²) in [5.41, 5.74) is -0.0314. The third-order valence-corrected chi connectivity index (χ3v) is 2.64. The van der Waals surface area contributed by atoms with Crippen molar-refractivity contribution in [1.82, 2.24) is 4.90 Å². The molecule has 0 bridgehead atoms. The van der Waals surface area contributed by atoms with Crippen LogP contribution in [0.15, 0.2) is 10.5 Å². The maximum absolute atomic E-state index is 12.0. The number of carbonyl (C=O) groups excluding carboxylic acids is 1. The van der Waals surface area contributed by atoms with Gasteiger partial charge in [-0.15, -0.1) is 0 Å². The minimum atomic E-state index is -4.38. The van der Waals surface area contributed by atoms with Gasteiger partial charge in [0.1, 0.15) is 17.1 Å². The molecule has 0 atom stereocenters. The molecule has 0 spiro atoms. The number of carboxylic acid groups (broad SMARTS) is 1. The summed E-state index contributed by atoms with van der Waals surface area (Å²) >= 11 is 0. The third-order valence-electron chi connectivity index (χ3n) is 2.64. The van der Waals surface area contributed by atoms with Crippen LogP contribution in [-0.2, 0) is 11.3 Å². The van der Waals surface area contributed by atoms with Gasteiger partial charge in [-0.3, -0.25) is 4.79 Å². The number of carboxylic acids is 1. The fourth-order valence-electron chi connectivity index (χ4n) is 1.60. The predicted octanol–water partition coefficient (Wildman–Crippen LogP) is 2.59. The first-order valence-electron chi connectivity index (χ1n) is 5.73. The smallest absolute Gasteiger partial charge is 0.389 e. The van der Waals surface area contributed by atoms with E-state index in [1.807, 2.05) is 0 Å². The molecule has 1 rings (SSSR count). The predicted molar refractivity (Wildman–Crippen MR) is 62.2 cm³/mol. The molecule has 1 amide bonds. The number of aromatic carboxylic acids is 1. The van der Waals surface area contributed by atoms with Gasteiger partial charge in [-0.1, -0.05) is 0 Å². The number of hydrogen-bond donors (Lipinski definition) is 1. The van der Waals surface area contributed by atoms with E-state index in [1.165, 1.54) is 20.0 Å². The summed E-state index contributed by atoms with van der Waals surface area (Å²) in [5, 5.41) is 8.83. The van der Waals surface area contributed by atoms with Crippen molar-refractivity contribution in [2.24, 2.45) is 0 Å². The number of rotatable bonds is 5. The molecule has 0 aliphatic heterocycles. The van der Waals surface area contributed by atoms with Gasteiger partial charge in [0, 0.05) is 13.5 Å². The Balaban J connectivity index is 2.62. The van der Waals surface area contributed by atoms with Crippen molar-refractivity contribution in [2.75, 3.05) is 7.05 Å². The number of halogens is 3. The maximum atomic E-state index is 12.0. The first-order valence-corrected chi connectivity index (χ1v) is 5.73.